The molecule has 2 unspecified atom stereocenters. The van der Waals surface area contributed by atoms with Crippen LogP contribution in [0.1, 0.15) is 13.8 Å². The van der Waals surface area contributed by atoms with Gasteiger partial charge in [-0.2, -0.15) is 0 Å². The molecular weight excluding hydrogens is 92.1 g/mol. The van der Waals surface area contributed by atoms with Crippen molar-refractivity contribution in [3.63, 3.8) is 0 Å². The molecule has 0 aromatic rings. The maximum Gasteiger partial charge on any atom is -0.000287 e. The van der Waals surface area contributed by atoms with Gasteiger partial charge in [0.05, 0.1) is 0 Å². The number of thiocarbonyl (C=S) groups is 1. The summed E-state index contributed by atoms with van der Waals surface area (Å²) >= 11 is 4.89. The first kappa shape index (κ1) is 4.25. The molecule has 1 aliphatic rings. The third kappa shape index (κ3) is 0.384. The molecule has 0 nitrogen and oxygen atoms in total. The molecule has 0 heterocycles. The molecule has 0 aliphatic heterocycles. The lowest BCUT2D eigenvalue weighted by molar-refractivity contribution is 0.834. The Labute approximate surface area is 43.6 Å². The molecule has 0 radical (unpaired) electrons. The smallest absolute Gasteiger partial charge is 0.000287 e. The van der Waals surface area contributed by atoms with Crippen molar-refractivity contribution < 1.29 is 0 Å². The molecule has 0 N–H and O–H groups in total. The Bertz CT molecular complexity index is 75.9. The standard InChI is InChI=1S/C5H8S/c1-3-4(2)5(3)6/h3-4H,1-2H3. The third-order valence-corrected chi connectivity index (χ3v) is 2.28. The number of rotatable bonds is 0. The molecule has 0 aromatic heterocycles. The lowest BCUT2D eigenvalue weighted by atomic mass is 10.4. The quantitative estimate of drug-likeness (QED) is 0.417. The molecule has 0 amide bonds. The highest BCUT2D eigenvalue weighted by Gasteiger charge is 2.35. The molecule has 2 atom stereocenters. The maximum absolute atomic E-state index is 4.89. The molecule has 1 aliphatic carbocycles. The Morgan fingerprint density at radius 3 is 1.50 bits per heavy atom. The van der Waals surface area contributed by atoms with Crippen molar-refractivity contribution in [3.05, 3.63) is 0 Å². The summed E-state index contributed by atoms with van der Waals surface area (Å²) in [5, 5.41) is 0. The second-order valence-corrected chi connectivity index (χ2v) is 2.45. The average Bonchev–Trinajstić information content (AvgIpc) is 1.94. The van der Waals surface area contributed by atoms with E-state index < -0.39 is 0 Å². The summed E-state index contributed by atoms with van der Waals surface area (Å²) in [6, 6.07) is 0. The Balaban J connectivity index is 2.51. The first-order chi connectivity index (χ1) is 2.73. The van der Waals surface area contributed by atoms with E-state index in [1.54, 1.807) is 0 Å². The zero-order chi connectivity index (χ0) is 4.73. The Morgan fingerprint density at radius 2 is 1.50 bits per heavy atom. The van der Waals surface area contributed by atoms with Crippen molar-refractivity contribution in [1.29, 1.82) is 0 Å². The molecule has 1 fully saturated rings. The van der Waals surface area contributed by atoms with Gasteiger partial charge in [-0.25, -0.2) is 0 Å². The van der Waals surface area contributed by atoms with Gasteiger partial charge >= 0.3 is 0 Å². The first-order valence-corrected chi connectivity index (χ1v) is 2.68. The van der Waals surface area contributed by atoms with Crippen LogP contribution in [0.2, 0.25) is 0 Å². The van der Waals surface area contributed by atoms with E-state index in [1.807, 2.05) is 0 Å². The van der Waals surface area contributed by atoms with E-state index in [-0.39, 0.29) is 0 Å². The zero-order valence-electron chi connectivity index (χ0n) is 4.06. The van der Waals surface area contributed by atoms with Crippen LogP contribution < -0.4 is 0 Å². The molecule has 34 valence electrons. The minimum absolute atomic E-state index is 0.750. The lowest BCUT2D eigenvalue weighted by Gasteiger charge is -1.64. The average molecular weight is 100 g/mol. The number of hydrogen-bond donors (Lipinski definition) is 0. The van der Waals surface area contributed by atoms with Crippen LogP contribution in [-0.2, 0) is 0 Å². The van der Waals surface area contributed by atoms with Crippen LogP contribution in [0.5, 0.6) is 0 Å². The highest BCUT2D eigenvalue weighted by Crippen LogP contribution is 2.33. The predicted molar refractivity (Wildman–Crippen MR) is 30.9 cm³/mol. The van der Waals surface area contributed by atoms with E-state index >= 15 is 0 Å². The van der Waals surface area contributed by atoms with E-state index in [2.05, 4.69) is 13.8 Å². The summed E-state index contributed by atoms with van der Waals surface area (Å²) in [5.74, 6) is 1.50. The van der Waals surface area contributed by atoms with Gasteiger partial charge in [0.1, 0.15) is 0 Å². The highest BCUT2D eigenvalue weighted by molar-refractivity contribution is 7.81. The molecule has 0 aromatic carbocycles. The highest BCUT2D eigenvalue weighted by atomic mass is 32.1. The number of hydrogen-bond acceptors (Lipinski definition) is 1. The second-order valence-electron chi connectivity index (χ2n) is 1.98. The fourth-order valence-electron chi connectivity index (χ4n) is 0.529. The summed E-state index contributed by atoms with van der Waals surface area (Å²) in [6.45, 7) is 4.35. The van der Waals surface area contributed by atoms with Gasteiger partial charge in [0.15, 0.2) is 0 Å². The van der Waals surface area contributed by atoms with E-state index in [4.69, 9.17) is 12.2 Å². The van der Waals surface area contributed by atoms with E-state index in [0.29, 0.717) is 0 Å². The Morgan fingerprint density at radius 1 is 1.33 bits per heavy atom. The summed E-state index contributed by atoms with van der Waals surface area (Å²) in [4.78, 5) is 1.26. The van der Waals surface area contributed by atoms with Crippen molar-refractivity contribution in [2.24, 2.45) is 11.8 Å². The first-order valence-electron chi connectivity index (χ1n) is 2.27. The van der Waals surface area contributed by atoms with Crippen molar-refractivity contribution in [2.45, 2.75) is 13.8 Å². The van der Waals surface area contributed by atoms with Crippen molar-refractivity contribution >= 4 is 17.1 Å². The van der Waals surface area contributed by atoms with E-state index in [9.17, 15) is 0 Å². The van der Waals surface area contributed by atoms with E-state index in [0.717, 1.165) is 11.8 Å². The van der Waals surface area contributed by atoms with Crippen LogP contribution in [0.4, 0.5) is 0 Å². The Hall–Kier alpha value is 0.0900. The molecule has 6 heavy (non-hydrogen) atoms. The van der Waals surface area contributed by atoms with Gasteiger partial charge in [-0.1, -0.05) is 26.1 Å². The van der Waals surface area contributed by atoms with Gasteiger partial charge in [-0.15, -0.1) is 0 Å². The van der Waals surface area contributed by atoms with Crippen molar-refractivity contribution in [3.8, 4) is 0 Å². The van der Waals surface area contributed by atoms with Crippen molar-refractivity contribution in [2.75, 3.05) is 0 Å². The van der Waals surface area contributed by atoms with Gasteiger partial charge in [0.2, 0.25) is 0 Å². The predicted octanol–water partition coefficient (Wildman–Crippen LogP) is 1.64. The van der Waals surface area contributed by atoms with E-state index in [1.165, 1.54) is 4.86 Å². The summed E-state index contributed by atoms with van der Waals surface area (Å²) < 4.78 is 0. The molecule has 0 bridgehead atoms. The van der Waals surface area contributed by atoms with Gasteiger partial charge in [0.25, 0.3) is 0 Å². The summed E-state index contributed by atoms with van der Waals surface area (Å²) in [7, 11) is 0. The molecule has 1 heteroatoms. The molecule has 0 spiro atoms. The largest absolute Gasteiger partial charge is 0.0891 e. The molecule has 1 saturated carbocycles. The van der Waals surface area contributed by atoms with Gasteiger partial charge in [0, 0.05) is 0 Å². The van der Waals surface area contributed by atoms with Gasteiger partial charge in [-0.05, 0) is 16.7 Å². The van der Waals surface area contributed by atoms with Crippen LogP contribution in [-0.4, -0.2) is 4.86 Å². The minimum Gasteiger partial charge on any atom is -0.0891 e. The van der Waals surface area contributed by atoms with Crippen molar-refractivity contribution in [1.82, 2.24) is 0 Å². The van der Waals surface area contributed by atoms with Crippen LogP contribution in [0, 0.1) is 11.8 Å². The fraction of sp³-hybridized carbons (Fsp3) is 0.800. The molecule has 1 rings (SSSR count). The Kier molecular flexibility index (Phi) is 0.731. The summed E-state index contributed by atoms with van der Waals surface area (Å²) in [5.41, 5.74) is 0. The zero-order valence-corrected chi connectivity index (χ0v) is 4.88. The second kappa shape index (κ2) is 1.03. The minimum atomic E-state index is 0.750. The van der Waals surface area contributed by atoms with Gasteiger partial charge in [-0.3, -0.25) is 0 Å². The molecule has 0 saturated heterocycles. The van der Waals surface area contributed by atoms with Crippen LogP contribution in [0.25, 0.3) is 0 Å². The van der Waals surface area contributed by atoms with Crippen LogP contribution in [0.3, 0.4) is 0 Å². The van der Waals surface area contributed by atoms with Gasteiger partial charge < -0.3 is 0 Å². The van der Waals surface area contributed by atoms with Crippen LogP contribution >= 0.6 is 12.2 Å². The molecular formula is C5H8S. The third-order valence-electron chi connectivity index (χ3n) is 1.54. The van der Waals surface area contributed by atoms with Crippen LogP contribution in [0.15, 0.2) is 0 Å². The fourth-order valence-corrected chi connectivity index (χ4v) is 0.869. The SMILES string of the molecule is CC1C(=S)C1C. The lowest BCUT2D eigenvalue weighted by Crippen LogP contribution is -1.58. The summed E-state index contributed by atoms with van der Waals surface area (Å²) in [6.07, 6.45) is 0. The normalized spacial score (nSPS) is 43.3. The topological polar surface area (TPSA) is 0 Å². The maximum atomic E-state index is 4.89. The monoisotopic (exact) mass is 100 g/mol.